The van der Waals surface area contributed by atoms with Crippen LogP contribution in [-0.2, 0) is 0 Å². The summed E-state index contributed by atoms with van der Waals surface area (Å²) in [5.74, 6) is 0. The molecule has 5 rings (SSSR count). The maximum absolute atomic E-state index is 2.28. The quantitative estimate of drug-likeness (QED) is 0.356. The van der Waals surface area contributed by atoms with Crippen LogP contribution in [0.5, 0.6) is 0 Å². The second kappa shape index (κ2) is 2.67. The van der Waals surface area contributed by atoms with Gasteiger partial charge in [0, 0.05) is 34.7 Å². The largest absolute Gasteiger partial charge is 0.307 e. The Kier molecular flexibility index (Phi) is 1.27. The second-order valence-electron chi connectivity index (χ2n) is 4.82. The van der Waals surface area contributed by atoms with Crippen molar-refractivity contribution >= 4 is 32.7 Å². The summed E-state index contributed by atoms with van der Waals surface area (Å²) in [6, 6.07) is 15.1. The van der Waals surface area contributed by atoms with Crippen molar-refractivity contribution in [2.45, 2.75) is 0 Å². The Hall–Kier alpha value is -2.48. The molecule has 2 heteroatoms. The molecule has 0 aliphatic rings. The first-order valence-electron chi connectivity index (χ1n) is 6.14. The summed E-state index contributed by atoms with van der Waals surface area (Å²) < 4.78 is 4.49. The Morgan fingerprint density at radius 2 is 1.67 bits per heavy atom. The van der Waals surface area contributed by atoms with E-state index in [0.29, 0.717) is 0 Å². The number of nitrogens with zero attached hydrogens (tertiary/aromatic N) is 2. The lowest BCUT2D eigenvalue weighted by Crippen LogP contribution is -1.89. The molecule has 0 spiro atoms. The second-order valence-corrected chi connectivity index (χ2v) is 4.82. The molecule has 0 amide bonds. The van der Waals surface area contributed by atoms with E-state index in [2.05, 4.69) is 69.9 Å². The van der Waals surface area contributed by atoms with Gasteiger partial charge in [0.1, 0.15) is 5.65 Å². The molecule has 0 radical (unpaired) electrons. The van der Waals surface area contributed by atoms with Crippen molar-refractivity contribution in [3.05, 3.63) is 61.1 Å². The van der Waals surface area contributed by atoms with Crippen LogP contribution in [0.15, 0.2) is 61.1 Å². The average Bonchev–Trinajstić information content (AvgIpc) is 2.97. The molecule has 0 saturated heterocycles. The molecule has 0 aliphatic heterocycles. The number of benzene rings is 2. The smallest absolute Gasteiger partial charge is 0.130 e. The summed E-state index contributed by atoms with van der Waals surface area (Å²) in [5, 5.41) is 5.34. The fraction of sp³-hybridized carbons (Fsp3) is 0. The number of pyridine rings is 1. The van der Waals surface area contributed by atoms with Gasteiger partial charge in [-0.15, -0.1) is 0 Å². The zero-order chi connectivity index (χ0) is 11.7. The molecule has 0 N–H and O–H groups in total. The third-order valence-electron chi connectivity index (χ3n) is 3.90. The highest BCUT2D eigenvalue weighted by Crippen LogP contribution is 2.34. The maximum atomic E-state index is 2.28. The first-order valence-corrected chi connectivity index (χ1v) is 6.14. The van der Waals surface area contributed by atoms with E-state index < -0.39 is 0 Å². The van der Waals surface area contributed by atoms with Crippen molar-refractivity contribution in [3.63, 3.8) is 0 Å². The topological polar surface area (TPSA) is 8.82 Å². The first kappa shape index (κ1) is 8.59. The zero-order valence-electron chi connectivity index (χ0n) is 9.67. The minimum atomic E-state index is 1.27. The zero-order valence-corrected chi connectivity index (χ0v) is 9.67. The molecule has 3 heterocycles. The number of hydrogen-bond donors (Lipinski definition) is 0. The number of hydrogen-bond acceptors (Lipinski definition) is 0. The van der Waals surface area contributed by atoms with Crippen LogP contribution < -0.4 is 0 Å². The van der Waals surface area contributed by atoms with Gasteiger partial charge in [-0.2, -0.15) is 0 Å². The van der Waals surface area contributed by atoms with E-state index in [-0.39, 0.29) is 0 Å². The van der Waals surface area contributed by atoms with Gasteiger partial charge in [-0.3, -0.25) is 0 Å². The summed E-state index contributed by atoms with van der Waals surface area (Å²) in [4.78, 5) is 0. The number of aromatic nitrogens is 2. The van der Waals surface area contributed by atoms with E-state index in [9.17, 15) is 0 Å². The van der Waals surface area contributed by atoms with Crippen LogP contribution in [0, 0.1) is 0 Å². The Balaban J connectivity index is 2.36. The Bertz CT molecular complexity index is 1010. The third kappa shape index (κ3) is 0.798. The monoisotopic (exact) mass is 230 g/mol. The van der Waals surface area contributed by atoms with Crippen LogP contribution in [0.2, 0.25) is 0 Å². The lowest BCUT2D eigenvalue weighted by molar-refractivity contribution is 1.21. The molecule has 0 fully saturated rings. The van der Waals surface area contributed by atoms with Gasteiger partial charge in [0.15, 0.2) is 0 Å². The van der Waals surface area contributed by atoms with E-state index in [1.807, 2.05) is 0 Å². The maximum Gasteiger partial charge on any atom is 0.130 e. The molecule has 0 unspecified atom stereocenters. The average molecular weight is 230 g/mol. The molecule has 0 aliphatic carbocycles. The molecule has 3 aromatic heterocycles. The molecule has 2 nitrogen and oxygen atoms in total. The fourth-order valence-electron chi connectivity index (χ4n) is 3.17. The van der Waals surface area contributed by atoms with Gasteiger partial charge in [-0.25, -0.2) is 0 Å². The Labute approximate surface area is 103 Å². The van der Waals surface area contributed by atoms with Gasteiger partial charge in [-0.1, -0.05) is 36.4 Å². The van der Waals surface area contributed by atoms with Crippen molar-refractivity contribution < 1.29 is 0 Å². The standard InChI is InChI=1S/C16H10N2/c1-2-7-14-12(5-1)13-6-3-4-11-10-17-8-9-18(14)16(17)15(11)13/h1-10H. The molecule has 0 saturated carbocycles. The van der Waals surface area contributed by atoms with Crippen LogP contribution in [0.25, 0.3) is 32.7 Å². The van der Waals surface area contributed by atoms with E-state index in [0.717, 1.165) is 0 Å². The van der Waals surface area contributed by atoms with Gasteiger partial charge in [0.25, 0.3) is 0 Å². The summed E-state index contributed by atoms with van der Waals surface area (Å²) in [6.07, 6.45) is 6.47. The van der Waals surface area contributed by atoms with Crippen molar-refractivity contribution in [3.8, 4) is 0 Å². The van der Waals surface area contributed by atoms with Crippen LogP contribution in [0.4, 0.5) is 0 Å². The summed E-state index contributed by atoms with van der Waals surface area (Å²) in [6.45, 7) is 0. The van der Waals surface area contributed by atoms with E-state index in [1.165, 1.54) is 32.7 Å². The highest BCUT2D eigenvalue weighted by atomic mass is 15.1. The minimum absolute atomic E-state index is 1.27. The Morgan fingerprint density at radius 1 is 0.778 bits per heavy atom. The molecule has 2 aromatic carbocycles. The van der Waals surface area contributed by atoms with Crippen LogP contribution in [-0.4, -0.2) is 8.80 Å². The number of para-hydroxylation sites is 1. The molecule has 0 bridgehead atoms. The fourth-order valence-corrected chi connectivity index (χ4v) is 3.17. The SMILES string of the molecule is c1cc2cn3ccn4c5ccccc5c(c1)c2c34. The van der Waals surface area contributed by atoms with Crippen molar-refractivity contribution in [2.24, 2.45) is 0 Å². The number of imidazole rings is 1. The van der Waals surface area contributed by atoms with Gasteiger partial charge in [0.2, 0.25) is 0 Å². The van der Waals surface area contributed by atoms with E-state index in [4.69, 9.17) is 0 Å². The molecular formula is C16H10N2. The number of rotatable bonds is 0. The molecule has 5 aromatic rings. The lowest BCUT2D eigenvalue weighted by Gasteiger charge is -2.07. The summed E-state index contributed by atoms with van der Waals surface area (Å²) in [5.41, 5.74) is 2.55. The molecule has 18 heavy (non-hydrogen) atoms. The van der Waals surface area contributed by atoms with Crippen molar-refractivity contribution in [1.29, 1.82) is 0 Å². The van der Waals surface area contributed by atoms with Crippen LogP contribution in [0.3, 0.4) is 0 Å². The van der Waals surface area contributed by atoms with Crippen LogP contribution >= 0.6 is 0 Å². The predicted octanol–water partition coefficient (Wildman–Crippen LogP) is 3.94. The molecule has 84 valence electrons. The van der Waals surface area contributed by atoms with Gasteiger partial charge in [-0.05, 0) is 11.5 Å². The third-order valence-corrected chi connectivity index (χ3v) is 3.90. The van der Waals surface area contributed by atoms with E-state index in [1.54, 1.807) is 0 Å². The minimum Gasteiger partial charge on any atom is -0.307 e. The van der Waals surface area contributed by atoms with Gasteiger partial charge in [0.05, 0.1) is 5.52 Å². The van der Waals surface area contributed by atoms with Gasteiger partial charge >= 0.3 is 0 Å². The van der Waals surface area contributed by atoms with Crippen LogP contribution in [0.1, 0.15) is 0 Å². The lowest BCUT2D eigenvalue weighted by atomic mass is 10.0. The van der Waals surface area contributed by atoms with Crippen molar-refractivity contribution in [2.75, 3.05) is 0 Å². The molecule has 0 atom stereocenters. The highest BCUT2D eigenvalue weighted by molar-refractivity contribution is 6.19. The predicted molar refractivity (Wildman–Crippen MR) is 74.6 cm³/mol. The van der Waals surface area contributed by atoms with Gasteiger partial charge < -0.3 is 8.80 Å². The van der Waals surface area contributed by atoms with Crippen molar-refractivity contribution in [1.82, 2.24) is 8.80 Å². The number of fused-ring (bicyclic) bond motifs is 3. The molecular weight excluding hydrogens is 220 g/mol. The van der Waals surface area contributed by atoms with E-state index >= 15 is 0 Å². The Morgan fingerprint density at radius 3 is 2.67 bits per heavy atom. The highest BCUT2D eigenvalue weighted by Gasteiger charge is 2.13. The normalized spacial score (nSPS) is 12.4. The summed E-state index contributed by atoms with van der Waals surface area (Å²) in [7, 11) is 0. The first-order chi connectivity index (χ1) is 8.93. The summed E-state index contributed by atoms with van der Waals surface area (Å²) >= 11 is 0.